The molecule has 1 N–H and O–H groups in total. The molecule has 0 bridgehead atoms. The van der Waals surface area contributed by atoms with Crippen LogP contribution in [-0.4, -0.2) is 46.8 Å². The van der Waals surface area contributed by atoms with Gasteiger partial charge in [0.1, 0.15) is 5.69 Å². The van der Waals surface area contributed by atoms with Crippen LogP contribution in [0.3, 0.4) is 0 Å². The molecule has 1 aliphatic rings. The van der Waals surface area contributed by atoms with Crippen LogP contribution in [0, 0.1) is 0 Å². The van der Waals surface area contributed by atoms with E-state index >= 15 is 0 Å². The van der Waals surface area contributed by atoms with Crippen molar-refractivity contribution in [2.75, 3.05) is 20.2 Å². The molecule has 1 saturated heterocycles. The lowest BCUT2D eigenvalue weighted by molar-refractivity contribution is 0.0146. The first-order valence-corrected chi connectivity index (χ1v) is 8.47. The number of carbonyl (C=O) groups is 1. The van der Waals surface area contributed by atoms with Crippen molar-refractivity contribution >= 4 is 16.7 Å². The third kappa shape index (κ3) is 2.91. The second-order valence-corrected chi connectivity index (χ2v) is 6.86. The second-order valence-electron chi connectivity index (χ2n) is 6.86. The number of H-pyrrole nitrogens is 1. The molecule has 128 valence electrons. The molecule has 1 atom stereocenters. The van der Waals surface area contributed by atoms with Gasteiger partial charge in [0.15, 0.2) is 0 Å². The normalized spacial score (nSPS) is 20.3. The molecule has 1 aliphatic heterocycles. The average molecular weight is 335 g/mol. The largest absolute Gasteiger partial charge is 0.377 e. The van der Waals surface area contributed by atoms with Gasteiger partial charge in [0.2, 0.25) is 0 Å². The molecular weight excluding hydrogens is 314 g/mol. The summed E-state index contributed by atoms with van der Waals surface area (Å²) in [6, 6.07) is 16.2. The van der Waals surface area contributed by atoms with Gasteiger partial charge in [-0.25, -0.2) is 0 Å². The zero-order chi connectivity index (χ0) is 17.4. The summed E-state index contributed by atoms with van der Waals surface area (Å²) < 4.78 is 5.51. The molecule has 1 fully saturated rings. The second kappa shape index (κ2) is 6.01. The molecule has 0 aliphatic carbocycles. The summed E-state index contributed by atoms with van der Waals surface area (Å²) in [7, 11) is 1.70. The van der Waals surface area contributed by atoms with E-state index in [1.54, 1.807) is 7.11 Å². The zero-order valence-electron chi connectivity index (χ0n) is 14.5. The first-order chi connectivity index (χ1) is 12.1. The smallest absolute Gasteiger partial charge is 0.271 e. The van der Waals surface area contributed by atoms with E-state index in [9.17, 15) is 4.79 Å². The van der Waals surface area contributed by atoms with E-state index in [-0.39, 0.29) is 11.5 Å². The molecule has 5 heteroatoms. The van der Waals surface area contributed by atoms with Crippen molar-refractivity contribution in [3.63, 3.8) is 0 Å². The molecule has 0 spiro atoms. The van der Waals surface area contributed by atoms with Crippen LogP contribution in [0.15, 0.2) is 48.5 Å². The van der Waals surface area contributed by atoms with E-state index in [2.05, 4.69) is 34.5 Å². The number of nitrogens with one attached hydrogen (secondary N) is 1. The summed E-state index contributed by atoms with van der Waals surface area (Å²) in [6.45, 7) is 3.34. The quantitative estimate of drug-likeness (QED) is 0.797. The minimum atomic E-state index is -0.253. The zero-order valence-corrected chi connectivity index (χ0v) is 14.5. The van der Waals surface area contributed by atoms with E-state index < -0.39 is 0 Å². The van der Waals surface area contributed by atoms with Crippen LogP contribution in [0.2, 0.25) is 0 Å². The van der Waals surface area contributed by atoms with E-state index in [1.807, 2.05) is 36.1 Å². The number of amides is 1. The lowest BCUT2D eigenvalue weighted by Gasteiger charge is -2.22. The van der Waals surface area contributed by atoms with Gasteiger partial charge in [0.05, 0.1) is 11.3 Å². The Bertz CT molecular complexity index is 933. The summed E-state index contributed by atoms with van der Waals surface area (Å²) in [5.74, 6) is -0.0275. The van der Waals surface area contributed by atoms with Crippen LogP contribution >= 0.6 is 0 Å². The molecule has 1 unspecified atom stereocenters. The Morgan fingerprint density at radius 1 is 1.20 bits per heavy atom. The Kier molecular flexibility index (Phi) is 3.81. The van der Waals surface area contributed by atoms with E-state index in [0.717, 1.165) is 23.1 Å². The number of carbonyl (C=O) groups excluding carboxylic acids is 1. The van der Waals surface area contributed by atoms with Crippen molar-refractivity contribution in [3.8, 4) is 11.3 Å². The molecule has 25 heavy (non-hydrogen) atoms. The van der Waals surface area contributed by atoms with Gasteiger partial charge in [-0.2, -0.15) is 5.10 Å². The standard InChI is InChI=1S/C20H21N3O2/c1-20(25-2)9-10-23(13-20)19(24)18-12-17(21-22-18)16-8-7-14-5-3-4-6-15(14)11-16/h3-8,11-12H,9-10,13H2,1-2H3,(H,21,22). The fourth-order valence-electron chi connectivity index (χ4n) is 3.37. The first-order valence-electron chi connectivity index (χ1n) is 8.47. The highest BCUT2D eigenvalue weighted by Crippen LogP contribution is 2.27. The van der Waals surface area contributed by atoms with E-state index in [4.69, 9.17) is 4.74 Å². The van der Waals surface area contributed by atoms with Crippen molar-refractivity contribution in [1.82, 2.24) is 15.1 Å². The lowest BCUT2D eigenvalue weighted by Crippen LogP contribution is -2.35. The van der Waals surface area contributed by atoms with Gasteiger partial charge in [-0.15, -0.1) is 0 Å². The Labute approximate surface area is 146 Å². The number of aromatic nitrogens is 2. The monoisotopic (exact) mass is 335 g/mol. The number of hydrogen-bond acceptors (Lipinski definition) is 3. The van der Waals surface area contributed by atoms with Gasteiger partial charge >= 0.3 is 0 Å². The number of benzene rings is 2. The van der Waals surface area contributed by atoms with Gasteiger partial charge in [0, 0.05) is 25.8 Å². The number of nitrogens with zero attached hydrogens (tertiary/aromatic N) is 2. The highest BCUT2D eigenvalue weighted by atomic mass is 16.5. The van der Waals surface area contributed by atoms with Crippen LogP contribution in [-0.2, 0) is 4.74 Å². The SMILES string of the molecule is COC1(C)CCN(C(=O)c2cc(-c3ccc4ccccc4c3)n[nH]2)C1. The first kappa shape index (κ1) is 15.8. The van der Waals surface area contributed by atoms with Crippen molar-refractivity contribution in [2.45, 2.75) is 18.9 Å². The summed E-state index contributed by atoms with van der Waals surface area (Å²) in [5, 5.41) is 9.58. The third-order valence-corrected chi connectivity index (χ3v) is 5.07. The Morgan fingerprint density at radius 2 is 2.00 bits per heavy atom. The van der Waals surface area contributed by atoms with E-state index in [0.29, 0.717) is 18.8 Å². The number of aromatic amines is 1. The molecular formula is C20H21N3O2. The van der Waals surface area contributed by atoms with Crippen LogP contribution in [0.1, 0.15) is 23.8 Å². The molecule has 0 saturated carbocycles. The lowest BCUT2D eigenvalue weighted by atomic mass is 10.1. The molecule has 1 amide bonds. The summed E-state index contributed by atoms with van der Waals surface area (Å²) in [4.78, 5) is 14.5. The maximum Gasteiger partial charge on any atom is 0.271 e. The minimum absolute atomic E-state index is 0.0275. The van der Waals surface area contributed by atoms with Gasteiger partial charge in [-0.05, 0) is 36.2 Å². The summed E-state index contributed by atoms with van der Waals surface area (Å²) in [6.07, 6.45) is 0.848. The van der Waals surface area contributed by atoms with Crippen molar-refractivity contribution in [1.29, 1.82) is 0 Å². The number of likely N-dealkylation sites (tertiary alicyclic amines) is 1. The number of rotatable bonds is 3. The number of fused-ring (bicyclic) bond motifs is 1. The topological polar surface area (TPSA) is 58.2 Å². The van der Waals surface area contributed by atoms with Crippen molar-refractivity contribution < 1.29 is 9.53 Å². The Morgan fingerprint density at radius 3 is 2.76 bits per heavy atom. The van der Waals surface area contributed by atoms with E-state index in [1.165, 1.54) is 5.39 Å². The van der Waals surface area contributed by atoms with Gasteiger partial charge < -0.3 is 9.64 Å². The molecule has 2 heterocycles. The van der Waals surface area contributed by atoms with Gasteiger partial charge in [-0.3, -0.25) is 9.89 Å². The predicted octanol–water partition coefficient (Wildman–Crippen LogP) is 3.48. The van der Waals surface area contributed by atoms with Crippen LogP contribution in [0.4, 0.5) is 0 Å². The predicted molar refractivity (Wildman–Crippen MR) is 97.5 cm³/mol. The number of methoxy groups -OCH3 is 1. The molecule has 4 rings (SSSR count). The maximum absolute atomic E-state index is 12.7. The summed E-state index contributed by atoms with van der Waals surface area (Å²) >= 11 is 0. The fourth-order valence-corrected chi connectivity index (χ4v) is 3.37. The third-order valence-electron chi connectivity index (χ3n) is 5.07. The average Bonchev–Trinajstić information content (AvgIpc) is 3.28. The molecule has 5 nitrogen and oxygen atoms in total. The fraction of sp³-hybridized carbons (Fsp3) is 0.300. The Balaban J connectivity index is 1.58. The van der Waals surface area contributed by atoms with Crippen LogP contribution in [0.5, 0.6) is 0 Å². The highest BCUT2D eigenvalue weighted by molar-refractivity contribution is 5.94. The van der Waals surface area contributed by atoms with Crippen molar-refractivity contribution in [3.05, 3.63) is 54.2 Å². The molecule has 0 radical (unpaired) electrons. The number of ether oxygens (including phenoxy) is 1. The highest BCUT2D eigenvalue weighted by Gasteiger charge is 2.36. The van der Waals surface area contributed by atoms with Gasteiger partial charge in [0.25, 0.3) is 5.91 Å². The maximum atomic E-state index is 12.7. The number of hydrogen-bond donors (Lipinski definition) is 1. The molecule has 1 aromatic heterocycles. The Hall–Kier alpha value is -2.66. The minimum Gasteiger partial charge on any atom is -0.377 e. The van der Waals surface area contributed by atoms with Crippen molar-refractivity contribution in [2.24, 2.45) is 0 Å². The van der Waals surface area contributed by atoms with Gasteiger partial charge in [-0.1, -0.05) is 36.4 Å². The van der Waals surface area contributed by atoms with Crippen LogP contribution in [0.25, 0.3) is 22.0 Å². The molecule has 3 aromatic rings. The molecule has 2 aromatic carbocycles. The summed E-state index contributed by atoms with van der Waals surface area (Å²) in [5.41, 5.74) is 2.04. The van der Waals surface area contributed by atoms with Crippen LogP contribution < -0.4 is 0 Å².